The number of para-hydroxylation sites is 1. The van der Waals surface area contributed by atoms with Crippen molar-refractivity contribution in [3.8, 4) is 11.5 Å². The lowest BCUT2D eigenvalue weighted by Crippen LogP contribution is -1.97. The predicted molar refractivity (Wildman–Crippen MR) is 82.4 cm³/mol. The van der Waals surface area contributed by atoms with E-state index < -0.39 is 0 Å². The van der Waals surface area contributed by atoms with Gasteiger partial charge in [-0.3, -0.25) is 4.98 Å². The number of nitrogens with one attached hydrogen (secondary N) is 1. The first-order valence-corrected chi connectivity index (χ1v) is 7.22. The van der Waals surface area contributed by atoms with Gasteiger partial charge in [0.15, 0.2) is 0 Å². The van der Waals surface area contributed by atoms with Gasteiger partial charge < -0.3 is 10.1 Å². The molecule has 1 N–H and O–H groups in total. The van der Waals surface area contributed by atoms with Crippen LogP contribution in [0.15, 0.2) is 66.3 Å². The highest BCUT2D eigenvalue weighted by atomic mass is 32.1. The molecular weight excluding hydrogens is 268 g/mol. The number of aromatic nitrogens is 1. The number of benzene rings is 2. The van der Waals surface area contributed by atoms with Gasteiger partial charge in [-0.25, -0.2) is 0 Å². The summed E-state index contributed by atoms with van der Waals surface area (Å²) in [6.07, 6.45) is 1.88. The summed E-state index contributed by atoms with van der Waals surface area (Å²) in [6.45, 7) is 0.777. The third-order valence-corrected chi connectivity index (χ3v) is 3.54. The van der Waals surface area contributed by atoms with E-state index in [-0.39, 0.29) is 0 Å². The zero-order chi connectivity index (χ0) is 13.6. The van der Waals surface area contributed by atoms with Gasteiger partial charge in [-0.05, 0) is 24.3 Å². The van der Waals surface area contributed by atoms with Gasteiger partial charge in [0.05, 0.1) is 12.1 Å². The molecule has 0 fully saturated rings. The van der Waals surface area contributed by atoms with E-state index in [1.54, 1.807) is 11.3 Å². The second-order valence-corrected chi connectivity index (χ2v) is 5.24. The fraction of sp³-hybridized carbons (Fsp3) is 0.0625. The molecule has 2 aromatic carbocycles. The molecule has 0 spiro atoms. The highest BCUT2D eigenvalue weighted by Gasteiger charge is 1.99. The van der Waals surface area contributed by atoms with Crippen molar-refractivity contribution in [1.29, 1.82) is 0 Å². The summed E-state index contributed by atoms with van der Waals surface area (Å²) < 4.78 is 5.81. The van der Waals surface area contributed by atoms with Crippen molar-refractivity contribution in [2.45, 2.75) is 6.54 Å². The SMILES string of the molecule is c1ccc(Oc2cccc(NCc3cncs3)c2)cc1. The van der Waals surface area contributed by atoms with Crippen LogP contribution in [0.2, 0.25) is 0 Å². The van der Waals surface area contributed by atoms with Crippen LogP contribution in [-0.4, -0.2) is 4.98 Å². The van der Waals surface area contributed by atoms with Crippen LogP contribution in [0, 0.1) is 0 Å². The molecule has 1 heterocycles. The topological polar surface area (TPSA) is 34.1 Å². The van der Waals surface area contributed by atoms with E-state index in [2.05, 4.69) is 10.3 Å². The molecule has 1 aromatic heterocycles. The summed E-state index contributed by atoms with van der Waals surface area (Å²) in [7, 11) is 0. The van der Waals surface area contributed by atoms with E-state index in [0.29, 0.717) is 0 Å². The van der Waals surface area contributed by atoms with Crippen LogP contribution in [0.3, 0.4) is 0 Å². The Labute approximate surface area is 121 Å². The van der Waals surface area contributed by atoms with Crippen LogP contribution < -0.4 is 10.1 Å². The Morgan fingerprint density at radius 2 is 1.85 bits per heavy atom. The lowest BCUT2D eigenvalue weighted by molar-refractivity contribution is 0.483. The van der Waals surface area contributed by atoms with Crippen molar-refractivity contribution >= 4 is 17.0 Å². The maximum Gasteiger partial charge on any atom is 0.129 e. The first kappa shape index (κ1) is 12.7. The Balaban J connectivity index is 1.66. The van der Waals surface area contributed by atoms with Crippen molar-refractivity contribution < 1.29 is 4.74 Å². The molecule has 0 bridgehead atoms. The van der Waals surface area contributed by atoms with Crippen LogP contribution in [0.4, 0.5) is 5.69 Å². The standard InChI is InChI=1S/C16H14N2OS/c1-2-6-14(7-3-1)19-15-8-4-5-13(9-15)18-11-16-10-17-12-20-16/h1-10,12,18H,11H2. The maximum absolute atomic E-state index is 5.81. The summed E-state index contributed by atoms with van der Waals surface area (Å²) in [5.74, 6) is 1.66. The van der Waals surface area contributed by atoms with Crippen molar-refractivity contribution in [1.82, 2.24) is 4.98 Å². The van der Waals surface area contributed by atoms with Gasteiger partial charge in [-0.15, -0.1) is 11.3 Å². The smallest absolute Gasteiger partial charge is 0.129 e. The molecule has 100 valence electrons. The van der Waals surface area contributed by atoms with E-state index in [1.807, 2.05) is 66.3 Å². The number of anilines is 1. The van der Waals surface area contributed by atoms with E-state index in [9.17, 15) is 0 Å². The fourth-order valence-corrected chi connectivity index (χ4v) is 2.35. The van der Waals surface area contributed by atoms with Gasteiger partial charge >= 0.3 is 0 Å². The minimum absolute atomic E-state index is 0.777. The summed E-state index contributed by atoms with van der Waals surface area (Å²) in [4.78, 5) is 5.27. The van der Waals surface area contributed by atoms with Crippen LogP contribution in [0.5, 0.6) is 11.5 Å². The summed E-state index contributed by atoms with van der Waals surface area (Å²) in [6, 6.07) is 17.7. The third-order valence-electron chi connectivity index (χ3n) is 2.76. The molecule has 0 aliphatic rings. The summed E-state index contributed by atoms with van der Waals surface area (Å²) in [5, 5.41) is 3.36. The Bertz CT molecular complexity index is 653. The molecule has 0 aliphatic heterocycles. The second kappa shape index (κ2) is 6.21. The fourth-order valence-electron chi connectivity index (χ4n) is 1.81. The highest BCUT2D eigenvalue weighted by molar-refractivity contribution is 7.09. The van der Waals surface area contributed by atoms with Crippen molar-refractivity contribution in [3.63, 3.8) is 0 Å². The predicted octanol–water partition coefficient (Wildman–Crippen LogP) is 4.55. The Morgan fingerprint density at radius 1 is 1.00 bits per heavy atom. The number of nitrogens with zero attached hydrogens (tertiary/aromatic N) is 1. The molecule has 20 heavy (non-hydrogen) atoms. The van der Waals surface area contributed by atoms with Gasteiger partial charge in [0.1, 0.15) is 11.5 Å². The largest absolute Gasteiger partial charge is 0.457 e. The molecule has 3 aromatic rings. The van der Waals surface area contributed by atoms with Gasteiger partial charge in [-0.2, -0.15) is 0 Å². The molecule has 0 amide bonds. The maximum atomic E-state index is 5.81. The van der Waals surface area contributed by atoms with Crippen molar-refractivity contribution in [2.24, 2.45) is 0 Å². The first-order valence-electron chi connectivity index (χ1n) is 6.34. The van der Waals surface area contributed by atoms with Crippen molar-refractivity contribution in [2.75, 3.05) is 5.32 Å². The minimum atomic E-state index is 0.777. The highest BCUT2D eigenvalue weighted by Crippen LogP contribution is 2.24. The van der Waals surface area contributed by atoms with Crippen molar-refractivity contribution in [3.05, 3.63) is 71.2 Å². The molecule has 0 atom stereocenters. The third kappa shape index (κ3) is 3.36. The monoisotopic (exact) mass is 282 g/mol. The summed E-state index contributed by atoms with van der Waals surface area (Å²) in [5.41, 5.74) is 2.87. The average Bonchev–Trinajstić information content (AvgIpc) is 3.00. The Hall–Kier alpha value is -2.33. The number of hydrogen-bond acceptors (Lipinski definition) is 4. The normalized spacial score (nSPS) is 10.2. The first-order chi connectivity index (χ1) is 9.90. The zero-order valence-corrected chi connectivity index (χ0v) is 11.6. The molecular formula is C16H14N2OS. The molecule has 0 aliphatic carbocycles. The van der Waals surface area contributed by atoms with E-state index in [1.165, 1.54) is 4.88 Å². The van der Waals surface area contributed by atoms with E-state index in [0.717, 1.165) is 23.7 Å². The van der Waals surface area contributed by atoms with Gasteiger partial charge in [0.25, 0.3) is 0 Å². The molecule has 0 saturated carbocycles. The van der Waals surface area contributed by atoms with Gasteiger partial charge in [0.2, 0.25) is 0 Å². The molecule has 4 heteroatoms. The second-order valence-electron chi connectivity index (χ2n) is 4.26. The number of rotatable bonds is 5. The quantitative estimate of drug-likeness (QED) is 0.745. The number of hydrogen-bond donors (Lipinski definition) is 1. The average molecular weight is 282 g/mol. The molecule has 0 unspecified atom stereocenters. The zero-order valence-electron chi connectivity index (χ0n) is 10.8. The van der Waals surface area contributed by atoms with E-state index in [4.69, 9.17) is 4.74 Å². The molecule has 3 nitrogen and oxygen atoms in total. The minimum Gasteiger partial charge on any atom is -0.457 e. The molecule has 3 rings (SSSR count). The summed E-state index contributed by atoms with van der Waals surface area (Å²) >= 11 is 1.64. The van der Waals surface area contributed by atoms with Gasteiger partial charge in [0, 0.05) is 22.8 Å². The lowest BCUT2D eigenvalue weighted by atomic mass is 10.3. The lowest BCUT2D eigenvalue weighted by Gasteiger charge is -2.08. The Kier molecular flexibility index (Phi) is 3.94. The number of thiazole rings is 1. The van der Waals surface area contributed by atoms with Crippen LogP contribution in [0.25, 0.3) is 0 Å². The van der Waals surface area contributed by atoms with Crippen LogP contribution >= 0.6 is 11.3 Å². The molecule has 0 saturated heterocycles. The van der Waals surface area contributed by atoms with Crippen LogP contribution in [-0.2, 0) is 6.54 Å². The van der Waals surface area contributed by atoms with E-state index >= 15 is 0 Å². The number of ether oxygens (including phenoxy) is 1. The Morgan fingerprint density at radius 3 is 2.65 bits per heavy atom. The molecule has 0 radical (unpaired) electrons. The van der Waals surface area contributed by atoms with Gasteiger partial charge in [-0.1, -0.05) is 24.3 Å². The van der Waals surface area contributed by atoms with Crippen LogP contribution in [0.1, 0.15) is 4.88 Å².